The minimum Gasteiger partial charge on any atom is -0.411 e. The molecule has 1 aromatic rings. The molecule has 1 rings (SSSR count). The van der Waals surface area contributed by atoms with Crippen molar-refractivity contribution in [3.05, 3.63) is 30.3 Å². The van der Waals surface area contributed by atoms with Crippen LogP contribution in [0.1, 0.15) is 6.92 Å². The van der Waals surface area contributed by atoms with Crippen LogP contribution in [0.15, 0.2) is 40.6 Å². The van der Waals surface area contributed by atoms with Gasteiger partial charge in [0, 0.05) is 5.69 Å². The molecule has 16 heavy (non-hydrogen) atoms. The van der Waals surface area contributed by atoms with E-state index >= 15 is 0 Å². The predicted molar refractivity (Wildman–Crippen MR) is 59.2 cm³/mol. The quantitative estimate of drug-likeness (QED) is 0.408. The number of benzene rings is 1. The van der Waals surface area contributed by atoms with Gasteiger partial charge in [0.15, 0.2) is 5.71 Å². The standard InChI is InChI=1S/C10H11N3O3/c1-7(12-15)9(13-16)10(14)11-8-5-3-2-4-6-8/h2-6,15-16H,1H3,(H,11,14)/b12-7+,13-9+. The Hall–Kier alpha value is -2.37. The van der Waals surface area contributed by atoms with Gasteiger partial charge >= 0.3 is 0 Å². The first-order chi connectivity index (χ1) is 7.69. The van der Waals surface area contributed by atoms with Gasteiger partial charge < -0.3 is 15.7 Å². The lowest BCUT2D eigenvalue weighted by atomic mass is 10.2. The molecule has 1 aromatic carbocycles. The molecule has 0 aromatic heterocycles. The minimum absolute atomic E-state index is 0.0732. The Kier molecular flexibility index (Phi) is 4.02. The second-order valence-electron chi connectivity index (χ2n) is 2.95. The van der Waals surface area contributed by atoms with Crippen LogP contribution >= 0.6 is 0 Å². The Labute approximate surface area is 91.9 Å². The predicted octanol–water partition coefficient (Wildman–Crippen LogP) is 1.31. The number of rotatable bonds is 3. The van der Waals surface area contributed by atoms with Crippen molar-refractivity contribution in [2.24, 2.45) is 10.3 Å². The van der Waals surface area contributed by atoms with Gasteiger partial charge in [0.25, 0.3) is 5.91 Å². The third kappa shape index (κ3) is 2.81. The normalized spacial score (nSPS) is 12.3. The highest BCUT2D eigenvalue weighted by molar-refractivity contribution is 6.68. The topological polar surface area (TPSA) is 94.3 Å². The lowest BCUT2D eigenvalue weighted by molar-refractivity contribution is -0.110. The average Bonchev–Trinajstić information content (AvgIpc) is 2.31. The fourth-order valence-corrected chi connectivity index (χ4v) is 1.04. The van der Waals surface area contributed by atoms with E-state index in [0.29, 0.717) is 5.69 Å². The van der Waals surface area contributed by atoms with Crippen molar-refractivity contribution in [2.45, 2.75) is 6.92 Å². The van der Waals surface area contributed by atoms with Crippen molar-refractivity contribution in [2.75, 3.05) is 5.32 Å². The lowest BCUT2D eigenvalue weighted by Crippen LogP contribution is -2.28. The van der Waals surface area contributed by atoms with Crippen molar-refractivity contribution in [1.82, 2.24) is 0 Å². The molecule has 84 valence electrons. The van der Waals surface area contributed by atoms with Crippen LogP contribution in [0.5, 0.6) is 0 Å². The molecule has 0 aliphatic rings. The number of anilines is 1. The zero-order chi connectivity index (χ0) is 12.0. The maximum Gasteiger partial charge on any atom is 0.279 e. The Morgan fingerprint density at radius 3 is 2.31 bits per heavy atom. The maximum atomic E-state index is 11.6. The van der Waals surface area contributed by atoms with Crippen molar-refractivity contribution >= 4 is 23.0 Å². The summed E-state index contributed by atoms with van der Waals surface area (Å²) in [5.41, 5.74) is 0.140. The summed E-state index contributed by atoms with van der Waals surface area (Å²) in [6.07, 6.45) is 0. The highest BCUT2D eigenvalue weighted by Gasteiger charge is 2.16. The second-order valence-corrected chi connectivity index (χ2v) is 2.95. The van der Waals surface area contributed by atoms with Crippen LogP contribution in [0.25, 0.3) is 0 Å². The van der Waals surface area contributed by atoms with Crippen molar-refractivity contribution in [3.63, 3.8) is 0 Å². The minimum atomic E-state index is -0.649. The van der Waals surface area contributed by atoms with Crippen LogP contribution in [-0.4, -0.2) is 27.7 Å². The number of nitrogens with one attached hydrogen (secondary N) is 1. The summed E-state index contributed by atoms with van der Waals surface area (Å²) in [4.78, 5) is 11.6. The first-order valence-corrected chi connectivity index (χ1v) is 4.46. The molecular formula is C10H11N3O3. The second kappa shape index (κ2) is 5.50. The third-order valence-corrected chi connectivity index (χ3v) is 1.84. The number of para-hydroxylation sites is 1. The van der Waals surface area contributed by atoms with Crippen LogP contribution < -0.4 is 5.32 Å². The van der Waals surface area contributed by atoms with Gasteiger partial charge in [-0.25, -0.2) is 0 Å². The van der Waals surface area contributed by atoms with Gasteiger partial charge in [0.1, 0.15) is 5.71 Å². The molecule has 0 aliphatic carbocycles. The van der Waals surface area contributed by atoms with Crippen molar-refractivity contribution in [3.8, 4) is 0 Å². The Balaban J connectivity index is 2.80. The number of amides is 1. The van der Waals surface area contributed by atoms with Gasteiger partial charge in [-0.2, -0.15) is 0 Å². The SMILES string of the molecule is CC(=N\O)/C(=N\O)C(=O)Nc1ccccc1. The van der Waals surface area contributed by atoms with Gasteiger partial charge in [-0.1, -0.05) is 28.5 Å². The molecule has 0 saturated heterocycles. The number of oxime groups is 2. The van der Waals surface area contributed by atoms with Gasteiger partial charge in [-0.3, -0.25) is 4.79 Å². The fourth-order valence-electron chi connectivity index (χ4n) is 1.04. The molecule has 6 nitrogen and oxygen atoms in total. The van der Waals surface area contributed by atoms with E-state index in [1.807, 2.05) is 0 Å². The van der Waals surface area contributed by atoms with Crippen LogP contribution in [0, 0.1) is 0 Å². The van der Waals surface area contributed by atoms with Crippen molar-refractivity contribution in [1.29, 1.82) is 0 Å². The summed E-state index contributed by atoms with van der Waals surface area (Å²) in [6, 6.07) is 8.66. The number of hydrogen-bond acceptors (Lipinski definition) is 5. The molecule has 1 amide bonds. The van der Waals surface area contributed by atoms with Crippen LogP contribution in [0.4, 0.5) is 5.69 Å². The van der Waals surface area contributed by atoms with Crippen LogP contribution in [0.2, 0.25) is 0 Å². The third-order valence-electron chi connectivity index (χ3n) is 1.84. The summed E-state index contributed by atoms with van der Waals surface area (Å²) < 4.78 is 0. The first-order valence-electron chi connectivity index (χ1n) is 4.46. The Morgan fingerprint density at radius 1 is 1.19 bits per heavy atom. The molecule has 3 N–H and O–H groups in total. The molecule has 0 saturated carbocycles. The average molecular weight is 221 g/mol. The Morgan fingerprint density at radius 2 is 1.81 bits per heavy atom. The summed E-state index contributed by atoms with van der Waals surface area (Å²) >= 11 is 0. The van der Waals surface area contributed by atoms with Crippen molar-refractivity contribution < 1.29 is 15.2 Å². The number of hydrogen-bond donors (Lipinski definition) is 3. The van der Waals surface area contributed by atoms with E-state index in [4.69, 9.17) is 10.4 Å². The monoisotopic (exact) mass is 221 g/mol. The maximum absolute atomic E-state index is 11.6. The van der Waals surface area contributed by atoms with Gasteiger partial charge in [0.05, 0.1) is 0 Å². The van der Waals surface area contributed by atoms with E-state index in [0.717, 1.165) is 0 Å². The van der Waals surface area contributed by atoms with E-state index in [1.165, 1.54) is 6.92 Å². The molecule has 0 unspecified atom stereocenters. The first kappa shape index (κ1) is 11.7. The largest absolute Gasteiger partial charge is 0.411 e. The summed E-state index contributed by atoms with van der Waals surface area (Å²) in [6.45, 7) is 1.35. The smallest absolute Gasteiger partial charge is 0.279 e. The molecule has 0 fully saturated rings. The number of carbonyl (C=O) groups excluding carboxylic acids is 1. The van der Waals surface area contributed by atoms with Gasteiger partial charge in [-0.15, -0.1) is 0 Å². The highest BCUT2D eigenvalue weighted by atomic mass is 16.4. The molecule has 0 heterocycles. The zero-order valence-corrected chi connectivity index (χ0v) is 8.58. The summed E-state index contributed by atoms with van der Waals surface area (Å²) in [5, 5.41) is 25.1. The lowest BCUT2D eigenvalue weighted by Gasteiger charge is -2.04. The zero-order valence-electron chi connectivity index (χ0n) is 8.58. The van der Waals surface area contributed by atoms with E-state index in [1.54, 1.807) is 30.3 Å². The Bertz CT molecular complexity index is 426. The summed E-state index contributed by atoms with van der Waals surface area (Å²) in [7, 11) is 0. The number of carbonyl (C=O) groups is 1. The van der Waals surface area contributed by atoms with E-state index in [-0.39, 0.29) is 11.4 Å². The molecule has 0 aliphatic heterocycles. The molecule has 6 heteroatoms. The molecule has 0 bridgehead atoms. The van der Waals surface area contributed by atoms with E-state index < -0.39 is 5.91 Å². The van der Waals surface area contributed by atoms with E-state index in [9.17, 15) is 4.79 Å². The summed E-state index contributed by atoms with van der Waals surface area (Å²) in [5.74, 6) is -0.649. The molecular weight excluding hydrogens is 210 g/mol. The van der Waals surface area contributed by atoms with Crippen LogP contribution in [0.3, 0.4) is 0 Å². The molecule has 0 atom stereocenters. The van der Waals surface area contributed by atoms with Gasteiger partial charge in [-0.05, 0) is 19.1 Å². The molecule has 0 spiro atoms. The van der Waals surface area contributed by atoms with Gasteiger partial charge in [0.2, 0.25) is 0 Å². The number of nitrogens with zero attached hydrogens (tertiary/aromatic N) is 2. The fraction of sp³-hybridized carbons (Fsp3) is 0.100. The van der Waals surface area contributed by atoms with Crippen LogP contribution in [-0.2, 0) is 4.79 Å². The van der Waals surface area contributed by atoms with E-state index in [2.05, 4.69) is 15.6 Å². The molecule has 0 radical (unpaired) electrons. The highest BCUT2D eigenvalue weighted by Crippen LogP contribution is 2.05.